The third-order valence-electron chi connectivity index (χ3n) is 7.46. The largest absolute Gasteiger partial charge is 0.308 e. The van der Waals surface area contributed by atoms with Crippen LogP contribution in [0.3, 0.4) is 0 Å². The van der Waals surface area contributed by atoms with Gasteiger partial charge in [-0.15, -0.1) is 11.3 Å². The lowest BCUT2D eigenvalue weighted by Gasteiger charge is -2.13. The van der Waals surface area contributed by atoms with E-state index in [0.29, 0.717) is 0 Å². The summed E-state index contributed by atoms with van der Waals surface area (Å²) in [5.41, 5.74) is 5.98. The van der Waals surface area contributed by atoms with Crippen molar-refractivity contribution >= 4 is 91.6 Å². The highest BCUT2D eigenvalue weighted by atomic mass is 79.9. The minimum Gasteiger partial charge on any atom is -0.308 e. The number of thiophene rings is 1. The molecule has 180 valence electrons. The molecule has 0 radical (unpaired) electrons. The SMILES string of the molecule is Clc1cc(Br)cc(-c2cc3c4ccccc4n(-c4cccc5ccccc45)c3c3c2sc2ccccc23)c1. The molecule has 0 saturated heterocycles. The second-order valence-electron chi connectivity index (χ2n) is 9.63. The lowest BCUT2D eigenvalue weighted by Crippen LogP contribution is -1.96. The molecule has 0 aliphatic heterocycles. The number of halogens is 2. The summed E-state index contributed by atoms with van der Waals surface area (Å²) in [6.07, 6.45) is 0. The van der Waals surface area contributed by atoms with Gasteiger partial charge in [-0.25, -0.2) is 0 Å². The fourth-order valence-corrected chi connectivity index (χ4v) is 8.02. The summed E-state index contributed by atoms with van der Waals surface area (Å²) in [5.74, 6) is 0. The van der Waals surface area contributed by atoms with Gasteiger partial charge in [0, 0.05) is 51.4 Å². The summed E-state index contributed by atoms with van der Waals surface area (Å²) in [6.45, 7) is 0. The van der Waals surface area contributed by atoms with Crippen molar-refractivity contribution in [3.8, 4) is 16.8 Å². The van der Waals surface area contributed by atoms with E-state index in [4.69, 9.17) is 11.6 Å². The maximum Gasteiger partial charge on any atom is 0.0634 e. The van der Waals surface area contributed by atoms with Crippen molar-refractivity contribution in [2.75, 3.05) is 0 Å². The first-order valence-electron chi connectivity index (χ1n) is 12.5. The number of aromatic nitrogens is 1. The summed E-state index contributed by atoms with van der Waals surface area (Å²) in [4.78, 5) is 0. The molecule has 0 unspecified atom stereocenters. The predicted octanol–water partition coefficient (Wildman–Crippen LogP) is 11.4. The van der Waals surface area contributed by atoms with Crippen molar-refractivity contribution in [1.82, 2.24) is 4.57 Å². The molecule has 0 bridgehead atoms. The van der Waals surface area contributed by atoms with Gasteiger partial charge in [0.15, 0.2) is 0 Å². The third kappa shape index (κ3) is 3.23. The molecule has 4 heteroatoms. The van der Waals surface area contributed by atoms with Gasteiger partial charge >= 0.3 is 0 Å². The molecular weight excluding hydrogens is 570 g/mol. The molecule has 0 fully saturated rings. The van der Waals surface area contributed by atoms with Crippen LogP contribution in [0.1, 0.15) is 0 Å². The molecule has 0 aliphatic rings. The van der Waals surface area contributed by atoms with Gasteiger partial charge in [0.2, 0.25) is 0 Å². The van der Waals surface area contributed by atoms with E-state index in [1.807, 2.05) is 17.4 Å². The summed E-state index contributed by atoms with van der Waals surface area (Å²) < 4.78 is 6.02. The minimum atomic E-state index is 0.724. The van der Waals surface area contributed by atoms with E-state index in [1.54, 1.807) is 0 Å². The highest BCUT2D eigenvalue weighted by Crippen LogP contribution is 2.48. The Morgan fingerprint density at radius 1 is 0.658 bits per heavy atom. The lowest BCUT2D eigenvalue weighted by atomic mass is 9.99. The number of para-hydroxylation sites is 1. The Morgan fingerprint density at radius 2 is 1.39 bits per heavy atom. The van der Waals surface area contributed by atoms with E-state index in [-0.39, 0.29) is 0 Å². The number of benzene rings is 6. The molecule has 0 aliphatic carbocycles. The minimum absolute atomic E-state index is 0.724. The van der Waals surface area contributed by atoms with Crippen molar-refractivity contribution < 1.29 is 0 Å². The molecular formula is C34H19BrClNS. The highest BCUT2D eigenvalue weighted by molar-refractivity contribution is 9.10. The molecule has 0 atom stereocenters. The van der Waals surface area contributed by atoms with E-state index < -0.39 is 0 Å². The molecule has 2 heterocycles. The standard InChI is InChI=1S/C34H19BrClNS/c35-22-16-21(17-23(36)18-22)27-19-28-25-11-3-5-13-30(25)37(29-14-7-9-20-8-1-2-10-24(20)29)33(28)32-26-12-4-6-15-31(26)38-34(27)32/h1-19H. The number of nitrogens with zero attached hydrogens (tertiary/aromatic N) is 1. The zero-order valence-corrected chi connectivity index (χ0v) is 23.2. The molecule has 0 spiro atoms. The third-order valence-corrected chi connectivity index (χ3v) is 9.34. The van der Waals surface area contributed by atoms with E-state index >= 15 is 0 Å². The van der Waals surface area contributed by atoms with E-state index in [1.165, 1.54) is 64.0 Å². The Balaban J connectivity index is 1.65. The molecule has 6 aromatic carbocycles. The van der Waals surface area contributed by atoms with E-state index in [0.717, 1.165) is 15.1 Å². The molecule has 8 rings (SSSR count). The molecule has 0 amide bonds. The number of rotatable bonds is 2. The lowest BCUT2D eigenvalue weighted by molar-refractivity contribution is 1.21. The van der Waals surface area contributed by atoms with Crippen LogP contribution in [0.4, 0.5) is 0 Å². The van der Waals surface area contributed by atoms with Crippen LogP contribution in [-0.4, -0.2) is 4.57 Å². The van der Waals surface area contributed by atoms with Gasteiger partial charge in [-0.05, 0) is 53.4 Å². The maximum absolute atomic E-state index is 6.55. The van der Waals surface area contributed by atoms with Crippen molar-refractivity contribution in [1.29, 1.82) is 0 Å². The Hall–Kier alpha value is -3.63. The van der Waals surface area contributed by atoms with Crippen molar-refractivity contribution in [2.45, 2.75) is 0 Å². The highest BCUT2D eigenvalue weighted by Gasteiger charge is 2.22. The Bertz CT molecular complexity index is 2200. The summed E-state index contributed by atoms with van der Waals surface area (Å²) in [5, 5.41) is 8.27. The van der Waals surface area contributed by atoms with Gasteiger partial charge < -0.3 is 4.57 Å². The number of hydrogen-bond donors (Lipinski definition) is 0. The fourth-order valence-electron chi connectivity index (χ4n) is 5.91. The van der Waals surface area contributed by atoms with Gasteiger partial charge in [0.25, 0.3) is 0 Å². The van der Waals surface area contributed by atoms with Crippen molar-refractivity contribution in [2.24, 2.45) is 0 Å². The summed E-state index contributed by atoms with van der Waals surface area (Å²) in [7, 11) is 0. The van der Waals surface area contributed by atoms with Crippen LogP contribution in [0, 0.1) is 0 Å². The molecule has 1 nitrogen and oxygen atoms in total. The summed E-state index contributed by atoms with van der Waals surface area (Å²) in [6, 6.07) is 41.4. The molecule has 0 N–H and O–H groups in total. The van der Waals surface area contributed by atoms with Gasteiger partial charge in [0.1, 0.15) is 0 Å². The Morgan fingerprint density at radius 3 is 2.26 bits per heavy atom. The first-order valence-corrected chi connectivity index (χ1v) is 14.5. The van der Waals surface area contributed by atoms with Crippen LogP contribution < -0.4 is 0 Å². The fraction of sp³-hybridized carbons (Fsp3) is 0. The predicted molar refractivity (Wildman–Crippen MR) is 169 cm³/mol. The molecule has 0 saturated carbocycles. The van der Waals surface area contributed by atoms with E-state index in [9.17, 15) is 0 Å². The van der Waals surface area contributed by atoms with Crippen LogP contribution in [-0.2, 0) is 0 Å². The molecule has 2 aromatic heterocycles. The average molecular weight is 589 g/mol. The summed E-state index contributed by atoms with van der Waals surface area (Å²) >= 11 is 12.1. The van der Waals surface area contributed by atoms with Gasteiger partial charge in [-0.1, -0.05) is 100 Å². The zero-order chi connectivity index (χ0) is 25.4. The van der Waals surface area contributed by atoms with E-state index in [2.05, 4.69) is 130 Å². The second kappa shape index (κ2) is 8.44. The number of fused-ring (bicyclic) bond motifs is 8. The molecule has 8 aromatic rings. The number of hydrogen-bond acceptors (Lipinski definition) is 1. The average Bonchev–Trinajstić information content (AvgIpc) is 3.48. The monoisotopic (exact) mass is 587 g/mol. The Labute approximate surface area is 236 Å². The first kappa shape index (κ1) is 22.4. The molecule has 38 heavy (non-hydrogen) atoms. The van der Waals surface area contributed by atoms with Crippen LogP contribution in [0.5, 0.6) is 0 Å². The van der Waals surface area contributed by atoms with Crippen LogP contribution in [0.25, 0.3) is 69.6 Å². The second-order valence-corrected chi connectivity index (χ2v) is 12.0. The maximum atomic E-state index is 6.55. The van der Waals surface area contributed by atoms with Crippen molar-refractivity contribution in [3.05, 3.63) is 125 Å². The normalized spacial score (nSPS) is 11.9. The smallest absolute Gasteiger partial charge is 0.0634 e. The van der Waals surface area contributed by atoms with Gasteiger partial charge in [0.05, 0.1) is 16.7 Å². The van der Waals surface area contributed by atoms with Gasteiger partial charge in [-0.2, -0.15) is 0 Å². The quantitative estimate of drug-likeness (QED) is 0.189. The van der Waals surface area contributed by atoms with Crippen molar-refractivity contribution in [3.63, 3.8) is 0 Å². The van der Waals surface area contributed by atoms with Gasteiger partial charge in [-0.3, -0.25) is 0 Å². The first-order chi connectivity index (χ1) is 18.7. The van der Waals surface area contributed by atoms with Crippen LogP contribution in [0.2, 0.25) is 5.02 Å². The Kier molecular flexibility index (Phi) is 4.97. The topological polar surface area (TPSA) is 4.93 Å². The zero-order valence-electron chi connectivity index (χ0n) is 20.1. The van der Waals surface area contributed by atoms with Crippen LogP contribution >= 0.6 is 38.9 Å². The van der Waals surface area contributed by atoms with Crippen LogP contribution in [0.15, 0.2) is 120 Å².